The fourth-order valence-corrected chi connectivity index (χ4v) is 3.78. The highest BCUT2D eigenvalue weighted by molar-refractivity contribution is 7.89. The molecule has 6 nitrogen and oxygen atoms in total. The van der Waals surface area contributed by atoms with Gasteiger partial charge in [0.2, 0.25) is 10.0 Å². The maximum absolute atomic E-state index is 12.0. The second-order valence-electron chi connectivity index (χ2n) is 3.67. The van der Waals surface area contributed by atoms with Gasteiger partial charge >= 0.3 is 0 Å². The lowest BCUT2D eigenvalue weighted by Crippen LogP contribution is -2.24. The van der Waals surface area contributed by atoms with E-state index in [0.717, 1.165) is 0 Å². The number of hydrogen-bond donors (Lipinski definition) is 2. The first-order valence-corrected chi connectivity index (χ1v) is 7.54. The second kappa shape index (κ2) is 5.19. The molecule has 0 saturated heterocycles. The quantitative estimate of drug-likeness (QED) is 0.836. The molecular weight excluding hydrogens is 274 g/mol. The van der Waals surface area contributed by atoms with E-state index in [-0.39, 0.29) is 18.0 Å². The van der Waals surface area contributed by atoms with Crippen LogP contribution in [0.5, 0.6) is 0 Å². The number of rotatable bonds is 5. The summed E-state index contributed by atoms with van der Waals surface area (Å²) in [5.41, 5.74) is 0.641. The molecule has 2 heterocycles. The average Bonchev–Trinajstić information content (AvgIpc) is 2.95. The van der Waals surface area contributed by atoms with E-state index in [2.05, 4.69) is 9.82 Å². The molecule has 0 fully saturated rings. The lowest BCUT2D eigenvalue weighted by molar-refractivity contribution is 0.282. The molecule has 0 unspecified atom stereocenters. The Morgan fingerprint density at radius 3 is 2.89 bits per heavy atom. The molecule has 0 atom stereocenters. The molecule has 98 valence electrons. The molecule has 2 aromatic rings. The number of thiophene rings is 1. The Balaban J connectivity index is 2.13. The summed E-state index contributed by atoms with van der Waals surface area (Å²) >= 11 is 1.21. The molecule has 2 rings (SSSR count). The highest BCUT2D eigenvalue weighted by Crippen LogP contribution is 2.21. The van der Waals surface area contributed by atoms with Crippen molar-refractivity contribution in [3.8, 4) is 0 Å². The van der Waals surface area contributed by atoms with E-state index in [1.165, 1.54) is 17.4 Å². The van der Waals surface area contributed by atoms with Crippen LogP contribution in [0, 0.1) is 0 Å². The van der Waals surface area contributed by atoms with Crippen molar-refractivity contribution in [2.24, 2.45) is 7.05 Å². The van der Waals surface area contributed by atoms with Crippen LogP contribution >= 0.6 is 11.3 Å². The second-order valence-corrected chi connectivity index (χ2v) is 6.41. The summed E-state index contributed by atoms with van der Waals surface area (Å²) in [5, 5.41) is 14.8. The number of nitrogens with zero attached hydrogens (tertiary/aromatic N) is 2. The van der Waals surface area contributed by atoms with Crippen molar-refractivity contribution >= 4 is 21.4 Å². The first-order chi connectivity index (χ1) is 8.53. The Morgan fingerprint density at radius 2 is 2.28 bits per heavy atom. The predicted octanol–water partition coefficient (Wildman–Crippen LogP) is 0.452. The van der Waals surface area contributed by atoms with E-state index in [9.17, 15) is 8.42 Å². The fraction of sp³-hybridized carbons (Fsp3) is 0.300. The number of aliphatic hydroxyl groups excluding tert-OH is 1. The Morgan fingerprint density at radius 1 is 1.50 bits per heavy atom. The van der Waals surface area contributed by atoms with Crippen molar-refractivity contribution in [2.45, 2.75) is 18.0 Å². The van der Waals surface area contributed by atoms with Crippen molar-refractivity contribution in [1.29, 1.82) is 0 Å². The summed E-state index contributed by atoms with van der Waals surface area (Å²) < 4.78 is 28.1. The van der Waals surface area contributed by atoms with Crippen LogP contribution in [0.1, 0.15) is 10.6 Å². The highest BCUT2D eigenvalue weighted by atomic mass is 32.2. The van der Waals surface area contributed by atoms with Crippen LogP contribution in [0.25, 0.3) is 0 Å². The Hall–Kier alpha value is -1.22. The number of hydrogen-bond acceptors (Lipinski definition) is 5. The van der Waals surface area contributed by atoms with Gasteiger partial charge < -0.3 is 5.11 Å². The average molecular weight is 287 g/mol. The van der Waals surface area contributed by atoms with Crippen molar-refractivity contribution in [1.82, 2.24) is 14.5 Å². The van der Waals surface area contributed by atoms with E-state index >= 15 is 0 Å². The summed E-state index contributed by atoms with van der Waals surface area (Å²) in [6.07, 6.45) is 1.74. The number of aryl methyl sites for hydroxylation is 1. The molecule has 0 spiro atoms. The molecule has 0 aliphatic rings. The Bertz CT molecular complexity index is 630. The predicted molar refractivity (Wildman–Crippen MR) is 67.5 cm³/mol. The van der Waals surface area contributed by atoms with E-state index in [1.807, 2.05) is 0 Å². The molecule has 0 bridgehead atoms. The number of nitrogens with one attached hydrogen (secondary N) is 1. The van der Waals surface area contributed by atoms with Crippen molar-refractivity contribution in [3.05, 3.63) is 34.3 Å². The molecule has 0 aliphatic heterocycles. The van der Waals surface area contributed by atoms with Crippen LogP contribution in [0.15, 0.2) is 28.6 Å². The molecule has 8 heteroatoms. The molecule has 0 saturated carbocycles. The van der Waals surface area contributed by atoms with Gasteiger partial charge in [-0.05, 0) is 17.5 Å². The number of sulfonamides is 1. The Labute approximate surface area is 109 Å². The molecule has 0 aliphatic carbocycles. The third kappa shape index (κ3) is 2.78. The number of aliphatic hydroxyl groups is 1. The standard InChI is InChI=1S/C10H13N3O3S2/c1-13-4-2-8(12-13)6-11-18(15,16)10-3-5-17-9(10)7-14/h2-5,11,14H,6-7H2,1H3. The molecule has 2 N–H and O–H groups in total. The largest absolute Gasteiger partial charge is 0.391 e. The van der Waals surface area contributed by atoms with Crippen LogP contribution in [0.3, 0.4) is 0 Å². The summed E-state index contributed by atoms with van der Waals surface area (Å²) in [6.45, 7) is -0.151. The zero-order valence-electron chi connectivity index (χ0n) is 9.70. The zero-order chi connectivity index (χ0) is 13.2. The van der Waals surface area contributed by atoms with Crippen LogP contribution < -0.4 is 4.72 Å². The van der Waals surface area contributed by atoms with Gasteiger partial charge in [0.1, 0.15) is 0 Å². The fourth-order valence-electron chi connectivity index (χ4n) is 1.49. The topological polar surface area (TPSA) is 84.2 Å². The van der Waals surface area contributed by atoms with Crippen LogP contribution in [0.4, 0.5) is 0 Å². The molecular formula is C10H13N3O3S2. The van der Waals surface area contributed by atoms with Crippen LogP contribution in [-0.4, -0.2) is 23.3 Å². The van der Waals surface area contributed by atoms with Crippen LogP contribution in [-0.2, 0) is 30.2 Å². The number of aromatic nitrogens is 2. The van der Waals surface area contributed by atoms with Gasteiger partial charge in [-0.1, -0.05) is 0 Å². The van der Waals surface area contributed by atoms with Gasteiger partial charge in [-0.25, -0.2) is 13.1 Å². The van der Waals surface area contributed by atoms with Crippen LogP contribution in [0.2, 0.25) is 0 Å². The maximum Gasteiger partial charge on any atom is 0.242 e. The minimum atomic E-state index is -3.60. The molecule has 18 heavy (non-hydrogen) atoms. The lowest BCUT2D eigenvalue weighted by atomic mass is 10.4. The summed E-state index contributed by atoms with van der Waals surface area (Å²) in [4.78, 5) is 0.564. The van der Waals surface area contributed by atoms with E-state index in [4.69, 9.17) is 5.11 Å². The molecule has 0 radical (unpaired) electrons. The van der Waals surface area contributed by atoms with Gasteiger partial charge in [-0.15, -0.1) is 11.3 Å². The van der Waals surface area contributed by atoms with Crippen molar-refractivity contribution in [3.63, 3.8) is 0 Å². The van der Waals surface area contributed by atoms with E-state index < -0.39 is 10.0 Å². The highest BCUT2D eigenvalue weighted by Gasteiger charge is 2.19. The minimum absolute atomic E-state index is 0.129. The maximum atomic E-state index is 12.0. The molecule has 2 aromatic heterocycles. The van der Waals surface area contributed by atoms with Gasteiger partial charge in [-0.2, -0.15) is 5.10 Å². The van der Waals surface area contributed by atoms with E-state index in [1.54, 1.807) is 29.4 Å². The molecule has 0 amide bonds. The summed E-state index contributed by atoms with van der Waals surface area (Å²) in [6, 6.07) is 3.22. The van der Waals surface area contributed by atoms with Gasteiger partial charge in [0.15, 0.2) is 0 Å². The third-order valence-electron chi connectivity index (χ3n) is 2.35. The van der Waals surface area contributed by atoms with Crippen molar-refractivity contribution in [2.75, 3.05) is 0 Å². The third-order valence-corrected chi connectivity index (χ3v) is 4.87. The normalized spacial score (nSPS) is 11.9. The smallest absolute Gasteiger partial charge is 0.242 e. The van der Waals surface area contributed by atoms with E-state index in [0.29, 0.717) is 10.6 Å². The Kier molecular flexibility index (Phi) is 3.81. The van der Waals surface area contributed by atoms with Gasteiger partial charge in [0.25, 0.3) is 0 Å². The van der Waals surface area contributed by atoms with Crippen molar-refractivity contribution < 1.29 is 13.5 Å². The minimum Gasteiger partial charge on any atom is -0.391 e. The SMILES string of the molecule is Cn1ccc(CNS(=O)(=O)c2ccsc2CO)n1. The first kappa shape index (κ1) is 13.2. The van der Waals surface area contributed by atoms with Gasteiger partial charge in [0, 0.05) is 18.1 Å². The first-order valence-electron chi connectivity index (χ1n) is 5.18. The van der Waals surface area contributed by atoms with Gasteiger partial charge in [0.05, 0.1) is 23.7 Å². The summed E-state index contributed by atoms with van der Waals surface area (Å²) in [7, 11) is -1.83. The zero-order valence-corrected chi connectivity index (χ0v) is 11.3. The van der Waals surface area contributed by atoms with Gasteiger partial charge in [-0.3, -0.25) is 4.68 Å². The summed E-state index contributed by atoms with van der Waals surface area (Å²) in [5.74, 6) is 0. The monoisotopic (exact) mass is 287 g/mol. The molecule has 0 aromatic carbocycles. The lowest BCUT2D eigenvalue weighted by Gasteiger charge is -2.05.